The van der Waals surface area contributed by atoms with Crippen molar-refractivity contribution >= 4 is 0 Å². The highest BCUT2D eigenvalue weighted by Crippen LogP contribution is 2.15. The van der Waals surface area contributed by atoms with E-state index in [4.69, 9.17) is 9.15 Å². The van der Waals surface area contributed by atoms with Crippen LogP contribution in [0.2, 0.25) is 0 Å². The molecule has 1 heterocycles. The van der Waals surface area contributed by atoms with E-state index in [1.807, 2.05) is 13.0 Å². The van der Waals surface area contributed by atoms with E-state index in [2.05, 4.69) is 5.32 Å². The van der Waals surface area contributed by atoms with Crippen LogP contribution in [0.5, 0.6) is 5.75 Å². The molecule has 0 spiro atoms. The van der Waals surface area contributed by atoms with Gasteiger partial charge in [-0.05, 0) is 24.7 Å². The molecule has 0 atom stereocenters. The Labute approximate surface area is 106 Å². The van der Waals surface area contributed by atoms with Crippen LogP contribution in [0.1, 0.15) is 18.2 Å². The number of ether oxygens (including phenoxy) is 1. The molecule has 0 bridgehead atoms. The molecule has 2 rings (SSSR count). The molecule has 1 aromatic heterocycles. The van der Waals surface area contributed by atoms with E-state index >= 15 is 0 Å². The lowest BCUT2D eigenvalue weighted by molar-refractivity contribution is 0.269. The minimum atomic E-state index is -0.306. The lowest BCUT2D eigenvalue weighted by Crippen LogP contribution is -2.10. The normalized spacial score (nSPS) is 10.6. The quantitative estimate of drug-likeness (QED) is 0.854. The van der Waals surface area contributed by atoms with Crippen LogP contribution in [0.25, 0.3) is 0 Å². The van der Waals surface area contributed by atoms with Gasteiger partial charge in [-0.25, -0.2) is 4.39 Å². The molecule has 0 aliphatic heterocycles. The van der Waals surface area contributed by atoms with Crippen molar-refractivity contribution in [1.82, 2.24) is 5.32 Å². The van der Waals surface area contributed by atoms with Crippen molar-refractivity contribution < 1.29 is 13.5 Å². The molecule has 2 aromatic rings. The van der Waals surface area contributed by atoms with Crippen molar-refractivity contribution in [2.45, 2.75) is 20.1 Å². The first-order chi connectivity index (χ1) is 8.78. The second-order valence-electron chi connectivity index (χ2n) is 3.95. The summed E-state index contributed by atoms with van der Waals surface area (Å²) >= 11 is 0. The number of halogens is 1. The molecule has 0 aliphatic rings. The summed E-state index contributed by atoms with van der Waals surface area (Å²) in [5, 5.41) is 3.21. The van der Waals surface area contributed by atoms with Gasteiger partial charge in [0.1, 0.15) is 23.9 Å². The number of benzene rings is 1. The van der Waals surface area contributed by atoms with Gasteiger partial charge < -0.3 is 14.5 Å². The Balaban J connectivity index is 1.88. The number of hydrogen-bond acceptors (Lipinski definition) is 3. The third-order valence-electron chi connectivity index (χ3n) is 2.46. The molecule has 3 nitrogen and oxygen atoms in total. The summed E-state index contributed by atoms with van der Waals surface area (Å²) in [7, 11) is 0. The largest absolute Gasteiger partial charge is 0.486 e. The van der Waals surface area contributed by atoms with Crippen LogP contribution in [-0.4, -0.2) is 6.54 Å². The predicted molar refractivity (Wildman–Crippen MR) is 66.8 cm³/mol. The highest BCUT2D eigenvalue weighted by atomic mass is 19.1. The molecule has 0 saturated carbocycles. The summed E-state index contributed by atoms with van der Waals surface area (Å²) in [6.07, 6.45) is 1.70. The van der Waals surface area contributed by atoms with E-state index < -0.39 is 0 Å². The van der Waals surface area contributed by atoms with Crippen molar-refractivity contribution in [3.05, 3.63) is 53.7 Å². The molecule has 0 saturated heterocycles. The third-order valence-corrected chi connectivity index (χ3v) is 2.46. The fourth-order valence-corrected chi connectivity index (χ4v) is 1.58. The molecule has 0 unspecified atom stereocenters. The number of hydrogen-bond donors (Lipinski definition) is 1. The molecule has 1 N–H and O–H groups in total. The summed E-state index contributed by atoms with van der Waals surface area (Å²) in [6, 6.07) is 7.99. The summed E-state index contributed by atoms with van der Waals surface area (Å²) in [5.41, 5.74) is 1.08. The van der Waals surface area contributed by atoms with Crippen molar-refractivity contribution in [3.63, 3.8) is 0 Å². The lowest BCUT2D eigenvalue weighted by Gasteiger charge is -2.03. The van der Waals surface area contributed by atoms with Crippen molar-refractivity contribution in [3.8, 4) is 5.75 Å². The third kappa shape index (κ3) is 3.60. The highest BCUT2D eigenvalue weighted by Gasteiger charge is 2.03. The topological polar surface area (TPSA) is 34.4 Å². The maximum atomic E-state index is 12.9. The lowest BCUT2D eigenvalue weighted by atomic mass is 10.3. The Kier molecular flexibility index (Phi) is 4.36. The molecule has 4 heteroatoms. The van der Waals surface area contributed by atoms with E-state index in [0.29, 0.717) is 12.4 Å². The monoisotopic (exact) mass is 249 g/mol. The maximum absolute atomic E-state index is 12.9. The SMILES string of the molecule is CCNCc1coc(COc2cccc(F)c2)c1. The smallest absolute Gasteiger partial charge is 0.146 e. The van der Waals surface area contributed by atoms with Gasteiger partial charge in [0.05, 0.1) is 6.26 Å². The highest BCUT2D eigenvalue weighted by molar-refractivity contribution is 5.22. The van der Waals surface area contributed by atoms with Crippen LogP contribution >= 0.6 is 0 Å². The molecule has 0 fully saturated rings. The number of rotatable bonds is 6. The van der Waals surface area contributed by atoms with Crippen LogP contribution < -0.4 is 10.1 Å². The second kappa shape index (κ2) is 6.21. The number of nitrogens with one attached hydrogen (secondary N) is 1. The van der Waals surface area contributed by atoms with E-state index in [0.717, 1.165) is 24.4 Å². The van der Waals surface area contributed by atoms with Crippen LogP contribution in [0.4, 0.5) is 4.39 Å². The van der Waals surface area contributed by atoms with Gasteiger partial charge >= 0.3 is 0 Å². The minimum absolute atomic E-state index is 0.301. The zero-order chi connectivity index (χ0) is 12.8. The first kappa shape index (κ1) is 12.6. The molecule has 0 radical (unpaired) electrons. The zero-order valence-corrected chi connectivity index (χ0v) is 10.3. The van der Waals surface area contributed by atoms with Gasteiger partial charge in [0.2, 0.25) is 0 Å². The molecular weight excluding hydrogens is 233 g/mol. The van der Waals surface area contributed by atoms with Crippen molar-refractivity contribution in [2.24, 2.45) is 0 Å². The van der Waals surface area contributed by atoms with Crippen LogP contribution in [0, 0.1) is 5.82 Å². The predicted octanol–water partition coefficient (Wildman–Crippen LogP) is 3.11. The first-order valence-corrected chi connectivity index (χ1v) is 5.93. The zero-order valence-electron chi connectivity index (χ0n) is 10.3. The standard InChI is InChI=1S/C14H16FNO2/c1-2-16-8-11-6-14(17-9-11)10-18-13-5-3-4-12(15)7-13/h3-7,9,16H,2,8,10H2,1H3. The summed E-state index contributed by atoms with van der Waals surface area (Å²) in [4.78, 5) is 0. The summed E-state index contributed by atoms with van der Waals surface area (Å²) < 4.78 is 23.7. The van der Waals surface area contributed by atoms with Crippen LogP contribution in [0.3, 0.4) is 0 Å². The second-order valence-corrected chi connectivity index (χ2v) is 3.95. The van der Waals surface area contributed by atoms with Gasteiger partial charge in [-0.3, -0.25) is 0 Å². The summed E-state index contributed by atoms with van der Waals surface area (Å²) in [6.45, 7) is 4.05. The molecule has 18 heavy (non-hydrogen) atoms. The Morgan fingerprint density at radius 3 is 3.00 bits per heavy atom. The van der Waals surface area contributed by atoms with E-state index in [-0.39, 0.29) is 5.82 Å². The van der Waals surface area contributed by atoms with Gasteiger partial charge in [-0.1, -0.05) is 13.0 Å². The van der Waals surface area contributed by atoms with E-state index in [9.17, 15) is 4.39 Å². The maximum Gasteiger partial charge on any atom is 0.146 e. The molecule has 0 amide bonds. The van der Waals surface area contributed by atoms with E-state index in [1.54, 1.807) is 18.4 Å². The molecule has 96 valence electrons. The van der Waals surface area contributed by atoms with Crippen molar-refractivity contribution in [1.29, 1.82) is 0 Å². The van der Waals surface area contributed by atoms with Gasteiger partial charge in [0, 0.05) is 18.2 Å². The fourth-order valence-electron chi connectivity index (χ4n) is 1.58. The Hall–Kier alpha value is -1.81. The van der Waals surface area contributed by atoms with Gasteiger partial charge in [0.15, 0.2) is 0 Å². The molecule has 0 aliphatic carbocycles. The first-order valence-electron chi connectivity index (χ1n) is 5.93. The van der Waals surface area contributed by atoms with Gasteiger partial charge in [-0.2, -0.15) is 0 Å². The van der Waals surface area contributed by atoms with Gasteiger partial charge in [0.25, 0.3) is 0 Å². The number of furan rings is 1. The minimum Gasteiger partial charge on any atom is -0.486 e. The fraction of sp³-hybridized carbons (Fsp3) is 0.286. The summed E-state index contributed by atoms with van der Waals surface area (Å²) in [5.74, 6) is 0.923. The van der Waals surface area contributed by atoms with Crippen molar-refractivity contribution in [2.75, 3.05) is 6.54 Å². The Morgan fingerprint density at radius 2 is 2.22 bits per heavy atom. The van der Waals surface area contributed by atoms with Crippen LogP contribution in [0.15, 0.2) is 41.0 Å². The Morgan fingerprint density at radius 1 is 1.33 bits per heavy atom. The average molecular weight is 249 g/mol. The molecule has 1 aromatic carbocycles. The van der Waals surface area contributed by atoms with Crippen LogP contribution in [-0.2, 0) is 13.2 Å². The average Bonchev–Trinajstić information content (AvgIpc) is 2.82. The molecular formula is C14H16FNO2. The van der Waals surface area contributed by atoms with Gasteiger partial charge in [-0.15, -0.1) is 0 Å². The van der Waals surface area contributed by atoms with E-state index in [1.165, 1.54) is 12.1 Å². The Bertz CT molecular complexity index is 496.